The van der Waals surface area contributed by atoms with Crippen molar-refractivity contribution in [2.45, 2.75) is 32.7 Å². The molecule has 0 aromatic carbocycles. The molecule has 1 aliphatic rings. The molecule has 0 saturated heterocycles. The topological polar surface area (TPSA) is 20.3 Å². The van der Waals surface area contributed by atoms with Crippen LogP contribution in [0.15, 0.2) is 15.9 Å². The second-order valence-corrected chi connectivity index (χ2v) is 7.06. The van der Waals surface area contributed by atoms with Gasteiger partial charge >= 0.3 is 0 Å². The number of carbonyl (C=O) groups excluding carboxylic acids is 1. The fourth-order valence-electron chi connectivity index (χ4n) is 1.68. The van der Waals surface area contributed by atoms with Crippen molar-refractivity contribution in [3.05, 3.63) is 20.8 Å². The van der Waals surface area contributed by atoms with Crippen LogP contribution in [0.1, 0.15) is 36.4 Å². The standard InChI is InChI=1S/C12H16BrNOS/c1-8(2)14(7-9-3-4-9)12(15)10-5-6-11(13)16-10/h5-6,8-9H,3-4,7H2,1-2H3. The Morgan fingerprint density at radius 1 is 1.56 bits per heavy atom. The van der Waals surface area contributed by atoms with Gasteiger partial charge in [-0.2, -0.15) is 0 Å². The number of nitrogens with zero attached hydrogens (tertiary/aromatic N) is 1. The van der Waals surface area contributed by atoms with E-state index in [0.29, 0.717) is 0 Å². The predicted octanol–water partition coefficient (Wildman–Crippen LogP) is 3.77. The average molecular weight is 302 g/mol. The molecule has 0 radical (unpaired) electrons. The molecule has 1 aromatic heterocycles. The van der Waals surface area contributed by atoms with Gasteiger partial charge in [0.15, 0.2) is 0 Å². The number of halogens is 1. The molecule has 1 fully saturated rings. The summed E-state index contributed by atoms with van der Waals surface area (Å²) < 4.78 is 1.02. The molecule has 1 aromatic rings. The molecule has 0 bridgehead atoms. The van der Waals surface area contributed by atoms with E-state index in [9.17, 15) is 4.79 Å². The second-order valence-electron chi connectivity index (χ2n) is 4.60. The largest absolute Gasteiger partial charge is 0.335 e. The minimum absolute atomic E-state index is 0.178. The van der Waals surface area contributed by atoms with Crippen LogP contribution >= 0.6 is 27.3 Å². The van der Waals surface area contributed by atoms with Gasteiger partial charge in [-0.05, 0) is 60.7 Å². The summed E-state index contributed by atoms with van der Waals surface area (Å²) in [5.41, 5.74) is 0. The SMILES string of the molecule is CC(C)N(CC1CC1)C(=O)c1ccc(Br)s1. The molecule has 2 rings (SSSR count). The maximum atomic E-state index is 12.3. The predicted molar refractivity (Wildman–Crippen MR) is 70.9 cm³/mol. The molecule has 1 amide bonds. The van der Waals surface area contributed by atoms with E-state index in [4.69, 9.17) is 0 Å². The fraction of sp³-hybridized carbons (Fsp3) is 0.583. The van der Waals surface area contributed by atoms with E-state index in [1.54, 1.807) is 0 Å². The molecule has 1 saturated carbocycles. The molecule has 0 N–H and O–H groups in total. The van der Waals surface area contributed by atoms with Crippen molar-refractivity contribution < 1.29 is 4.79 Å². The van der Waals surface area contributed by atoms with E-state index in [-0.39, 0.29) is 11.9 Å². The van der Waals surface area contributed by atoms with Crippen LogP contribution in [0.25, 0.3) is 0 Å². The van der Waals surface area contributed by atoms with Gasteiger partial charge in [-0.3, -0.25) is 4.79 Å². The fourth-order valence-corrected chi connectivity index (χ4v) is 3.02. The first-order valence-corrected chi connectivity index (χ1v) is 7.25. The van der Waals surface area contributed by atoms with Crippen molar-refractivity contribution in [2.24, 2.45) is 5.92 Å². The zero-order chi connectivity index (χ0) is 11.7. The second kappa shape index (κ2) is 4.88. The molecule has 16 heavy (non-hydrogen) atoms. The minimum atomic E-state index is 0.178. The Bertz CT molecular complexity index is 384. The third kappa shape index (κ3) is 2.86. The van der Waals surface area contributed by atoms with Crippen molar-refractivity contribution >= 4 is 33.2 Å². The minimum Gasteiger partial charge on any atom is -0.335 e. The molecular weight excluding hydrogens is 286 g/mol. The highest BCUT2D eigenvalue weighted by Gasteiger charge is 2.29. The maximum Gasteiger partial charge on any atom is 0.264 e. The first-order chi connectivity index (χ1) is 7.58. The molecule has 0 spiro atoms. The van der Waals surface area contributed by atoms with Gasteiger partial charge < -0.3 is 4.90 Å². The molecular formula is C12H16BrNOS. The Morgan fingerprint density at radius 2 is 2.25 bits per heavy atom. The lowest BCUT2D eigenvalue weighted by Gasteiger charge is -2.26. The van der Waals surface area contributed by atoms with Gasteiger partial charge in [0, 0.05) is 12.6 Å². The summed E-state index contributed by atoms with van der Waals surface area (Å²) in [7, 11) is 0. The van der Waals surface area contributed by atoms with Crippen molar-refractivity contribution in [3.8, 4) is 0 Å². The van der Waals surface area contributed by atoms with E-state index in [1.807, 2.05) is 17.0 Å². The lowest BCUT2D eigenvalue weighted by molar-refractivity contribution is 0.0701. The number of hydrogen-bond acceptors (Lipinski definition) is 2. The highest BCUT2D eigenvalue weighted by Crippen LogP contribution is 2.31. The Morgan fingerprint density at radius 3 is 2.69 bits per heavy atom. The van der Waals surface area contributed by atoms with E-state index in [2.05, 4.69) is 29.8 Å². The lowest BCUT2D eigenvalue weighted by Crippen LogP contribution is -2.38. The van der Waals surface area contributed by atoms with E-state index >= 15 is 0 Å². The summed E-state index contributed by atoms with van der Waals surface area (Å²) in [4.78, 5) is 15.1. The number of hydrogen-bond donors (Lipinski definition) is 0. The summed E-state index contributed by atoms with van der Waals surface area (Å²) in [6, 6.07) is 4.13. The van der Waals surface area contributed by atoms with Gasteiger partial charge in [-0.1, -0.05) is 0 Å². The van der Waals surface area contributed by atoms with Crippen LogP contribution in [0.2, 0.25) is 0 Å². The molecule has 0 aliphatic heterocycles. The van der Waals surface area contributed by atoms with Crippen LogP contribution in [0.3, 0.4) is 0 Å². The van der Waals surface area contributed by atoms with Crippen LogP contribution < -0.4 is 0 Å². The highest BCUT2D eigenvalue weighted by molar-refractivity contribution is 9.11. The quantitative estimate of drug-likeness (QED) is 0.829. The van der Waals surface area contributed by atoms with E-state index in [1.165, 1.54) is 24.2 Å². The van der Waals surface area contributed by atoms with Gasteiger partial charge in [0.1, 0.15) is 0 Å². The molecule has 1 aliphatic carbocycles. The van der Waals surface area contributed by atoms with Gasteiger partial charge in [0.25, 0.3) is 5.91 Å². The summed E-state index contributed by atoms with van der Waals surface area (Å²) >= 11 is 4.91. The van der Waals surface area contributed by atoms with Crippen LogP contribution in [0.5, 0.6) is 0 Å². The third-order valence-corrected chi connectivity index (χ3v) is 4.43. The first-order valence-electron chi connectivity index (χ1n) is 5.64. The van der Waals surface area contributed by atoms with Crippen LogP contribution in [-0.4, -0.2) is 23.4 Å². The number of thiophene rings is 1. The van der Waals surface area contributed by atoms with Gasteiger partial charge in [0.2, 0.25) is 0 Å². The van der Waals surface area contributed by atoms with Gasteiger partial charge in [-0.25, -0.2) is 0 Å². The Hall–Kier alpha value is -0.350. The summed E-state index contributed by atoms with van der Waals surface area (Å²) in [6.45, 7) is 5.10. The normalized spacial score (nSPS) is 15.5. The smallest absolute Gasteiger partial charge is 0.264 e. The zero-order valence-electron chi connectivity index (χ0n) is 9.57. The number of carbonyl (C=O) groups is 1. The third-order valence-electron chi connectivity index (χ3n) is 2.82. The average Bonchev–Trinajstić information content (AvgIpc) is 2.95. The number of amides is 1. The van der Waals surface area contributed by atoms with Crippen LogP contribution in [0, 0.1) is 5.92 Å². The molecule has 1 heterocycles. The van der Waals surface area contributed by atoms with Crippen molar-refractivity contribution in [2.75, 3.05) is 6.54 Å². The molecule has 2 nitrogen and oxygen atoms in total. The molecule has 88 valence electrons. The summed E-state index contributed by atoms with van der Waals surface area (Å²) in [5, 5.41) is 0. The lowest BCUT2D eigenvalue weighted by atomic mass is 10.2. The molecule has 4 heteroatoms. The van der Waals surface area contributed by atoms with Crippen molar-refractivity contribution in [1.29, 1.82) is 0 Å². The molecule has 0 atom stereocenters. The van der Waals surface area contributed by atoms with Gasteiger partial charge in [-0.15, -0.1) is 11.3 Å². The van der Waals surface area contributed by atoms with Gasteiger partial charge in [0.05, 0.1) is 8.66 Å². The Labute approximate surface area is 109 Å². The highest BCUT2D eigenvalue weighted by atomic mass is 79.9. The monoisotopic (exact) mass is 301 g/mol. The maximum absolute atomic E-state index is 12.3. The van der Waals surface area contributed by atoms with Crippen LogP contribution in [-0.2, 0) is 0 Å². The zero-order valence-corrected chi connectivity index (χ0v) is 12.0. The molecule has 0 unspecified atom stereocenters. The summed E-state index contributed by atoms with van der Waals surface area (Å²) in [6.07, 6.45) is 2.56. The Balaban J connectivity index is 2.09. The van der Waals surface area contributed by atoms with Crippen molar-refractivity contribution in [1.82, 2.24) is 4.90 Å². The number of rotatable bonds is 4. The first kappa shape index (κ1) is 12.1. The summed E-state index contributed by atoms with van der Waals surface area (Å²) in [5.74, 6) is 0.923. The van der Waals surface area contributed by atoms with Crippen LogP contribution in [0.4, 0.5) is 0 Å². The van der Waals surface area contributed by atoms with E-state index in [0.717, 1.165) is 21.1 Å². The van der Waals surface area contributed by atoms with E-state index < -0.39 is 0 Å². The van der Waals surface area contributed by atoms with Crippen molar-refractivity contribution in [3.63, 3.8) is 0 Å². The Kier molecular flexibility index (Phi) is 3.70.